The smallest absolute Gasteiger partial charge is 0.399 e. The highest BCUT2D eigenvalue weighted by Gasteiger charge is 2.59. The highest BCUT2D eigenvalue weighted by atomic mass is 32.1. The van der Waals surface area contributed by atoms with Gasteiger partial charge in [-0.05, 0) is 92.2 Å². The molecule has 0 radical (unpaired) electrons. The van der Waals surface area contributed by atoms with E-state index in [-0.39, 0.29) is 11.6 Å². The summed E-state index contributed by atoms with van der Waals surface area (Å²) in [5, 5.41) is 0. The highest BCUT2D eigenvalue weighted by Crippen LogP contribution is 2.65. The maximum atomic E-state index is 20.9. The average Bonchev–Trinajstić information content (AvgIpc) is 1.50. The van der Waals surface area contributed by atoms with Crippen molar-refractivity contribution in [3.63, 3.8) is 0 Å². The zero-order chi connectivity index (χ0) is 78.3. The number of halogens is 2. The van der Waals surface area contributed by atoms with Gasteiger partial charge in [-0.15, -0.1) is 0 Å². The van der Waals surface area contributed by atoms with E-state index in [1.807, 2.05) is 0 Å². The summed E-state index contributed by atoms with van der Waals surface area (Å²) in [5.74, 6) is -0.529. The zero-order valence-corrected chi connectivity index (χ0v) is 74.4. The van der Waals surface area contributed by atoms with Crippen molar-refractivity contribution in [2.75, 3.05) is 0 Å². The molecule has 2 saturated heterocycles. The second kappa shape index (κ2) is 46.3. The molecular formula is C96H158B2F2N4O4S2. The lowest BCUT2D eigenvalue weighted by atomic mass is 9.66. The number of nitrogens with zero attached hydrogens (tertiary/aromatic N) is 4. The van der Waals surface area contributed by atoms with Crippen LogP contribution < -0.4 is 10.9 Å². The molecule has 618 valence electrons. The third-order valence-corrected chi connectivity index (χ3v) is 28.9. The zero-order valence-electron chi connectivity index (χ0n) is 72.7. The summed E-state index contributed by atoms with van der Waals surface area (Å²) in [6.07, 6.45) is 73.2. The van der Waals surface area contributed by atoms with Gasteiger partial charge >= 0.3 is 14.2 Å². The molecule has 2 aliphatic carbocycles. The first-order valence-corrected chi connectivity index (χ1v) is 48.7. The fourth-order valence-corrected chi connectivity index (χ4v) is 20.7. The number of rotatable bonds is 62. The Morgan fingerprint density at radius 3 is 0.645 bits per heavy atom. The van der Waals surface area contributed by atoms with Gasteiger partial charge in [-0.25, -0.2) is 8.78 Å². The van der Waals surface area contributed by atoms with Crippen LogP contribution in [0.15, 0.2) is 12.1 Å². The van der Waals surface area contributed by atoms with Gasteiger partial charge in [-0.3, -0.25) is 0 Å². The molecule has 0 spiro atoms. The predicted molar refractivity (Wildman–Crippen MR) is 472 cm³/mol. The molecule has 0 amide bonds. The van der Waals surface area contributed by atoms with Crippen molar-refractivity contribution >= 4 is 70.7 Å². The Labute approximate surface area is 681 Å². The predicted octanol–water partition coefficient (Wildman–Crippen LogP) is 30.6. The molecule has 0 saturated carbocycles. The molecule has 4 aliphatic rings. The van der Waals surface area contributed by atoms with E-state index in [4.69, 9.17) is 36.1 Å². The molecule has 0 atom stereocenters. The van der Waals surface area contributed by atoms with Crippen molar-refractivity contribution in [1.82, 2.24) is 17.5 Å². The molecule has 0 unspecified atom stereocenters. The van der Waals surface area contributed by atoms with Crippen molar-refractivity contribution in [2.45, 2.75) is 502 Å². The highest BCUT2D eigenvalue weighted by molar-refractivity contribution is 7.00. The molecule has 2 aromatic heterocycles. The first kappa shape index (κ1) is 91.0. The summed E-state index contributed by atoms with van der Waals surface area (Å²) in [6, 6.07) is 4.56. The van der Waals surface area contributed by atoms with Crippen LogP contribution in [0.3, 0.4) is 0 Å². The van der Waals surface area contributed by atoms with Gasteiger partial charge in [0.25, 0.3) is 0 Å². The molecule has 3 aromatic carbocycles. The summed E-state index contributed by atoms with van der Waals surface area (Å²) < 4.78 is 90.8. The van der Waals surface area contributed by atoms with Gasteiger partial charge in [0.05, 0.1) is 45.9 Å². The van der Waals surface area contributed by atoms with Crippen LogP contribution in [-0.2, 0) is 29.4 Å². The maximum Gasteiger partial charge on any atom is 0.497 e. The minimum absolute atomic E-state index is 0.264. The maximum absolute atomic E-state index is 20.9. The third-order valence-electron chi connectivity index (χ3n) is 27.8. The molecule has 2 fully saturated rings. The normalized spacial score (nSPS) is 16.9. The first-order valence-electron chi connectivity index (χ1n) is 47.2. The van der Waals surface area contributed by atoms with Gasteiger partial charge in [0.15, 0.2) is 0 Å². The monoisotopic (exact) mass is 1560 g/mol. The van der Waals surface area contributed by atoms with Gasteiger partial charge in [-0.1, -0.05) is 399 Å². The third kappa shape index (κ3) is 23.7. The van der Waals surface area contributed by atoms with E-state index in [2.05, 4.69) is 95.2 Å². The summed E-state index contributed by atoms with van der Waals surface area (Å²) in [5.41, 5.74) is 5.43. The van der Waals surface area contributed by atoms with Crippen LogP contribution in [0, 0.1) is 11.6 Å². The van der Waals surface area contributed by atoms with E-state index in [1.54, 1.807) is 0 Å². The van der Waals surface area contributed by atoms with Crippen LogP contribution >= 0.6 is 23.5 Å². The van der Waals surface area contributed by atoms with E-state index in [1.165, 1.54) is 306 Å². The Hall–Kier alpha value is -2.87. The van der Waals surface area contributed by atoms with Crippen LogP contribution in [0.25, 0.3) is 44.3 Å². The van der Waals surface area contributed by atoms with Gasteiger partial charge in [0.2, 0.25) is 0 Å². The number of aromatic nitrogens is 4. The van der Waals surface area contributed by atoms with Crippen LogP contribution in [-0.4, -0.2) is 54.1 Å². The average molecular weight is 1560 g/mol. The van der Waals surface area contributed by atoms with Crippen LogP contribution in [0.1, 0.15) is 491 Å². The number of benzene rings is 3. The fourth-order valence-electron chi connectivity index (χ4n) is 19.6. The minimum Gasteiger partial charge on any atom is -0.399 e. The Morgan fingerprint density at radius 1 is 0.264 bits per heavy atom. The number of hydrogen-bond acceptors (Lipinski definition) is 10. The molecule has 2 aliphatic heterocycles. The Balaban J connectivity index is 1.13. The van der Waals surface area contributed by atoms with E-state index in [9.17, 15) is 0 Å². The van der Waals surface area contributed by atoms with Crippen molar-refractivity contribution in [1.29, 1.82) is 0 Å². The van der Waals surface area contributed by atoms with Crippen molar-refractivity contribution < 1.29 is 27.4 Å². The summed E-state index contributed by atoms with van der Waals surface area (Å²) >= 11 is 2.35. The van der Waals surface area contributed by atoms with Crippen molar-refractivity contribution in [3.05, 3.63) is 46.0 Å². The van der Waals surface area contributed by atoms with Gasteiger partial charge in [0.1, 0.15) is 33.7 Å². The molecule has 5 aromatic rings. The molecule has 8 nitrogen and oxygen atoms in total. The molecule has 9 rings (SSSR count). The lowest BCUT2D eigenvalue weighted by Gasteiger charge is -2.35. The number of fused-ring (bicyclic) bond motifs is 10. The summed E-state index contributed by atoms with van der Waals surface area (Å²) in [7, 11) is -1.48. The fraction of sp³-hybridized carbons (Fsp3) is 0.812. The van der Waals surface area contributed by atoms with Gasteiger partial charge in [0, 0.05) is 55.1 Å². The molecular weight excluding hydrogens is 1400 g/mol. The summed E-state index contributed by atoms with van der Waals surface area (Å²) in [6.45, 7) is 26.1. The first-order chi connectivity index (χ1) is 53.4. The Bertz CT molecular complexity index is 3150. The molecule has 4 heterocycles. The quantitative estimate of drug-likeness (QED) is 0.0281. The van der Waals surface area contributed by atoms with Crippen LogP contribution in [0.2, 0.25) is 0 Å². The Morgan fingerprint density at radius 2 is 0.445 bits per heavy atom. The second-order valence-corrected chi connectivity index (χ2v) is 38.6. The standard InChI is InChI=1S/C96H158B2F2N4O4S2/c1-13-17-21-25-29-33-37-41-45-49-53-57-61-65-69-95(70-66-62-58-54-50-46-42-38-34-30-26-22-18-14-2)75-73-77(97-105-91(5,6)92(7,8)106-97)87-89(103-109-101-87)79(75)81-83(95)85(99)82-80-76(74-78(88-90(80)104-110-102-88)98-107-93(9,10)94(11,12)108-98)96(84(82)86(81)100,71-67-63-59-55-51-47-43-39-35-31-27-23-19-15-3)72-68-64-60-56-52-48-44-40-36-32-28-24-20-16-4/h73-74H,13-72H2,1-12H3. The van der Waals surface area contributed by atoms with Crippen LogP contribution in [0.4, 0.5) is 8.78 Å². The van der Waals surface area contributed by atoms with E-state index in [0.29, 0.717) is 70.0 Å². The SMILES string of the molecule is CCCCCCCCCCCCCCCCC1(CCCCCCCCCCCCCCCC)c2cc(B3OC(C)(C)C(C)(C)O3)c3nsnc3c2-c2c(F)c3c(c(F)c21)-c1c(cc(B2OC(C)(C)C(C)(C)O2)c2nsnc12)C3(CCCCCCCCCCCCCCCC)CCCCCCCCCCCCCCCC. The van der Waals surface area contributed by atoms with E-state index >= 15 is 8.78 Å². The van der Waals surface area contributed by atoms with Crippen molar-refractivity contribution in [3.8, 4) is 22.3 Å². The number of hydrogen-bond donors (Lipinski definition) is 0. The molecule has 110 heavy (non-hydrogen) atoms. The molecule has 0 N–H and O–H groups in total. The summed E-state index contributed by atoms with van der Waals surface area (Å²) in [4.78, 5) is 0. The van der Waals surface area contributed by atoms with Gasteiger partial charge in [-0.2, -0.15) is 17.5 Å². The molecule has 0 bridgehead atoms. The van der Waals surface area contributed by atoms with Gasteiger partial charge < -0.3 is 18.6 Å². The topological polar surface area (TPSA) is 88.5 Å². The van der Waals surface area contributed by atoms with Crippen LogP contribution in [0.5, 0.6) is 0 Å². The lowest BCUT2D eigenvalue weighted by molar-refractivity contribution is 0.00578. The van der Waals surface area contributed by atoms with E-state index < -0.39 is 47.5 Å². The lowest BCUT2D eigenvalue weighted by Crippen LogP contribution is -2.41. The minimum atomic E-state index is -0.883. The molecule has 14 heteroatoms. The largest absolute Gasteiger partial charge is 0.497 e. The van der Waals surface area contributed by atoms with Crippen molar-refractivity contribution in [2.24, 2.45) is 0 Å². The van der Waals surface area contributed by atoms with E-state index in [0.717, 1.165) is 110 Å². The second-order valence-electron chi connectivity index (χ2n) is 37.6. The Kier molecular flexibility index (Phi) is 38.3. The number of unbranched alkanes of at least 4 members (excludes halogenated alkanes) is 52.